The van der Waals surface area contributed by atoms with Gasteiger partial charge in [0.15, 0.2) is 11.1 Å². The SMILES string of the molecule is CC(=O)N1CCN(C(=O)c2ccc(-c3cc(=NC4CC4)n4nc/c(=C\c5[nH]c(=O)[nH]c5O)c4n3)s2)CC1. The first-order valence-electron chi connectivity index (χ1n) is 12.0. The van der Waals surface area contributed by atoms with Gasteiger partial charge in [0, 0.05) is 44.4 Å². The van der Waals surface area contributed by atoms with E-state index in [1.807, 2.05) is 12.1 Å². The Balaban J connectivity index is 1.37. The number of aromatic hydroxyl groups is 1. The van der Waals surface area contributed by atoms with Crippen molar-refractivity contribution in [3.05, 3.63) is 56.2 Å². The standard InChI is InChI=1S/C24H24N8O4S/c1-13(33)30-6-8-31(9-7-30)23(35)19-5-4-18(37-19)16-11-20(26-15-2-3-15)32-21(27-16)14(12-25-32)10-17-22(34)29-24(36)28-17/h4-5,10-12,15,34H,2-3,6-9H2,1H3,(H2,28,29,36)/b14-10+,26-20?. The summed E-state index contributed by atoms with van der Waals surface area (Å²) in [6.07, 6.45) is 5.24. The number of fused-ring (bicyclic) bond motifs is 1. The monoisotopic (exact) mass is 520 g/mol. The number of amides is 2. The minimum atomic E-state index is -0.517. The van der Waals surface area contributed by atoms with Crippen LogP contribution in [0.25, 0.3) is 22.3 Å². The summed E-state index contributed by atoms with van der Waals surface area (Å²) in [5.74, 6) is -0.309. The first-order chi connectivity index (χ1) is 17.9. The average Bonchev–Trinajstić information content (AvgIpc) is 3.25. The molecule has 6 rings (SSSR count). The number of imidazole rings is 1. The summed E-state index contributed by atoms with van der Waals surface area (Å²) in [5.41, 5.74) is 1.52. The Kier molecular flexibility index (Phi) is 5.63. The first kappa shape index (κ1) is 23.2. The molecular formula is C24H24N8O4S. The molecular weight excluding hydrogens is 496 g/mol. The van der Waals surface area contributed by atoms with Gasteiger partial charge in [-0.1, -0.05) is 0 Å². The molecule has 13 heteroatoms. The second kappa shape index (κ2) is 9.00. The van der Waals surface area contributed by atoms with Crippen LogP contribution < -0.4 is 16.4 Å². The molecule has 2 aliphatic rings. The van der Waals surface area contributed by atoms with E-state index in [-0.39, 0.29) is 29.4 Å². The van der Waals surface area contributed by atoms with Crippen molar-refractivity contribution in [2.45, 2.75) is 25.8 Å². The zero-order chi connectivity index (χ0) is 25.7. The van der Waals surface area contributed by atoms with Crippen molar-refractivity contribution in [3.63, 3.8) is 0 Å². The Hall–Kier alpha value is -4.26. The van der Waals surface area contributed by atoms with E-state index >= 15 is 0 Å². The highest BCUT2D eigenvalue weighted by molar-refractivity contribution is 7.17. The van der Waals surface area contributed by atoms with Crippen LogP contribution in [0.2, 0.25) is 0 Å². The van der Waals surface area contributed by atoms with Gasteiger partial charge in [-0.25, -0.2) is 9.78 Å². The van der Waals surface area contributed by atoms with Crippen LogP contribution in [0, 0.1) is 0 Å². The molecule has 4 aromatic heterocycles. The van der Waals surface area contributed by atoms with Crippen molar-refractivity contribution in [1.82, 2.24) is 34.4 Å². The Labute approximate surface area is 213 Å². The summed E-state index contributed by atoms with van der Waals surface area (Å²) < 4.78 is 1.64. The van der Waals surface area contributed by atoms with Crippen LogP contribution in [0.5, 0.6) is 5.88 Å². The lowest BCUT2D eigenvalue weighted by Crippen LogP contribution is -2.49. The van der Waals surface area contributed by atoms with Crippen LogP contribution in [-0.4, -0.2) is 83.5 Å². The molecule has 3 N–H and O–H groups in total. The molecule has 2 fully saturated rings. The second-order valence-corrected chi connectivity index (χ2v) is 10.2. The van der Waals surface area contributed by atoms with Gasteiger partial charge in [0.1, 0.15) is 5.69 Å². The Morgan fingerprint density at radius 2 is 1.92 bits per heavy atom. The van der Waals surface area contributed by atoms with Gasteiger partial charge < -0.3 is 19.9 Å². The van der Waals surface area contributed by atoms with Crippen LogP contribution in [0.15, 0.2) is 34.2 Å². The molecule has 0 radical (unpaired) electrons. The number of thiophene rings is 1. The second-order valence-electron chi connectivity index (χ2n) is 9.14. The normalized spacial score (nSPS) is 17.2. The largest absolute Gasteiger partial charge is 0.493 e. The lowest BCUT2D eigenvalue weighted by atomic mass is 10.2. The highest BCUT2D eigenvalue weighted by atomic mass is 32.1. The summed E-state index contributed by atoms with van der Waals surface area (Å²) in [4.78, 5) is 55.6. The summed E-state index contributed by atoms with van der Waals surface area (Å²) in [5, 5.41) is 15.0. The Bertz CT molecular complexity index is 1700. The number of nitrogens with one attached hydrogen (secondary N) is 2. The van der Waals surface area contributed by atoms with E-state index in [9.17, 15) is 19.5 Å². The quantitative estimate of drug-likeness (QED) is 0.347. The maximum absolute atomic E-state index is 13.1. The minimum Gasteiger partial charge on any atom is -0.493 e. The van der Waals surface area contributed by atoms with Gasteiger partial charge in [0.2, 0.25) is 11.8 Å². The van der Waals surface area contributed by atoms with Gasteiger partial charge in [-0.3, -0.25) is 19.6 Å². The van der Waals surface area contributed by atoms with Gasteiger partial charge in [0.25, 0.3) is 5.91 Å². The minimum absolute atomic E-state index is 0.0222. The number of H-pyrrole nitrogens is 2. The van der Waals surface area contributed by atoms with Gasteiger partial charge in [-0.15, -0.1) is 11.3 Å². The van der Waals surface area contributed by atoms with Gasteiger partial charge in [0.05, 0.1) is 27.7 Å². The zero-order valence-corrected chi connectivity index (χ0v) is 20.8. The molecule has 5 heterocycles. The smallest absolute Gasteiger partial charge is 0.326 e. The lowest BCUT2D eigenvalue weighted by Gasteiger charge is -2.33. The molecule has 190 valence electrons. The van der Waals surface area contributed by atoms with Crippen molar-refractivity contribution >= 4 is 34.9 Å². The third-order valence-electron chi connectivity index (χ3n) is 6.46. The fourth-order valence-electron chi connectivity index (χ4n) is 4.29. The molecule has 1 aliphatic heterocycles. The Morgan fingerprint density at radius 3 is 2.59 bits per heavy atom. The van der Waals surface area contributed by atoms with E-state index in [2.05, 4.69) is 15.1 Å². The van der Waals surface area contributed by atoms with Crippen LogP contribution in [0.1, 0.15) is 35.1 Å². The van der Waals surface area contributed by atoms with Crippen LogP contribution in [0.4, 0.5) is 0 Å². The highest BCUT2D eigenvalue weighted by Gasteiger charge is 2.25. The molecule has 0 aromatic carbocycles. The molecule has 1 saturated carbocycles. The molecule has 2 amide bonds. The maximum atomic E-state index is 13.1. The average molecular weight is 521 g/mol. The van der Waals surface area contributed by atoms with Gasteiger partial charge in [-0.05, 0) is 31.1 Å². The number of aromatic nitrogens is 5. The fraction of sp³-hybridized carbons (Fsp3) is 0.333. The van der Waals surface area contributed by atoms with Crippen molar-refractivity contribution < 1.29 is 14.7 Å². The molecule has 0 bridgehead atoms. The molecule has 1 saturated heterocycles. The van der Waals surface area contributed by atoms with Crippen LogP contribution in [-0.2, 0) is 4.79 Å². The van der Waals surface area contributed by atoms with Crippen molar-refractivity contribution in [2.75, 3.05) is 26.2 Å². The molecule has 0 atom stereocenters. The number of carbonyl (C=O) groups is 2. The van der Waals surface area contributed by atoms with Gasteiger partial charge >= 0.3 is 5.69 Å². The molecule has 0 spiro atoms. The van der Waals surface area contributed by atoms with Crippen molar-refractivity contribution in [3.8, 4) is 16.5 Å². The molecule has 37 heavy (non-hydrogen) atoms. The number of nitrogens with zero attached hydrogens (tertiary/aromatic N) is 6. The highest BCUT2D eigenvalue weighted by Crippen LogP contribution is 2.28. The molecule has 1 aliphatic carbocycles. The van der Waals surface area contributed by atoms with Gasteiger partial charge in [-0.2, -0.15) is 9.61 Å². The van der Waals surface area contributed by atoms with Crippen LogP contribution >= 0.6 is 11.3 Å². The number of rotatable bonds is 4. The number of piperazine rings is 1. The van der Waals surface area contributed by atoms with E-state index in [4.69, 9.17) is 9.98 Å². The Morgan fingerprint density at radius 1 is 1.16 bits per heavy atom. The molecule has 0 unspecified atom stereocenters. The third-order valence-corrected chi connectivity index (χ3v) is 7.55. The predicted molar refractivity (Wildman–Crippen MR) is 135 cm³/mol. The first-order valence-corrected chi connectivity index (χ1v) is 12.8. The van der Waals surface area contributed by atoms with E-state index in [1.54, 1.807) is 39.6 Å². The van der Waals surface area contributed by atoms with E-state index < -0.39 is 5.69 Å². The van der Waals surface area contributed by atoms with Crippen molar-refractivity contribution in [1.29, 1.82) is 0 Å². The summed E-state index contributed by atoms with van der Waals surface area (Å²) in [6, 6.07) is 5.78. The topological polar surface area (TPSA) is 152 Å². The summed E-state index contributed by atoms with van der Waals surface area (Å²) >= 11 is 1.36. The number of aromatic amines is 2. The number of carbonyl (C=O) groups excluding carboxylic acids is 2. The summed E-state index contributed by atoms with van der Waals surface area (Å²) in [7, 11) is 0. The fourth-order valence-corrected chi connectivity index (χ4v) is 5.23. The van der Waals surface area contributed by atoms with Crippen LogP contribution in [0.3, 0.4) is 0 Å². The number of hydrogen-bond donors (Lipinski definition) is 3. The molecule has 12 nitrogen and oxygen atoms in total. The summed E-state index contributed by atoms with van der Waals surface area (Å²) in [6.45, 7) is 3.62. The third kappa shape index (κ3) is 4.53. The van der Waals surface area contributed by atoms with Crippen molar-refractivity contribution in [2.24, 2.45) is 4.99 Å². The maximum Gasteiger partial charge on any atom is 0.326 e. The lowest BCUT2D eigenvalue weighted by molar-refractivity contribution is -0.130. The van der Waals surface area contributed by atoms with E-state index in [0.29, 0.717) is 53.1 Å². The zero-order valence-electron chi connectivity index (χ0n) is 20.0. The molecule has 4 aromatic rings. The van der Waals surface area contributed by atoms with E-state index in [0.717, 1.165) is 17.7 Å². The predicted octanol–water partition coefficient (Wildman–Crippen LogP) is 0.0949. The number of hydrogen-bond acceptors (Lipinski definition) is 8. The van der Waals surface area contributed by atoms with E-state index in [1.165, 1.54) is 11.3 Å².